The molecule has 0 saturated carbocycles. The van der Waals surface area contributed by atoms with Crippen LogP contribution in [0.3, 0.4) is 0 Å². The van der Waals surface area contributed by atoms with E-state index in [0.29, 0.717) is 0 Å². The molecule has 0 spiro atoms. The standard InChI is InChI=1S/C11H16N2O/c1-6-11(4,5)13-10(14)9(7-12)8(2)3/h1,8-9H,2-5H3,(H,13,14). The van der Waals surface area contributed by atoms with Gasteiger partial charge in [-0.3, -0.25) is 4.79 Å². The minimum absolute atomic E-state index is 0.00595. The van der Waals surface area contributed by atoms with E-state index in [1.165, 1.54) is 0 Å². The van der Waals surface area contributed by atoms with Gasteiger partial charge in [-0.05, 0) is 19.8 Å². The highest BCUT2D eigenvalue weighted by Crippen LogP contribution is 2.11. The van der Waals surface area contributed by atoms with Crippen LogP contribution in [0.5, 0.6) is 0 Å². The molecular formula is C11H16N2O. The third kappa shape index (κ3) is 3.49. The second-order valence-corrected chi connectivity index (χ2v) is 4.11. The molecule has 3 heteroatoms. The Labute approximate surface area is 85.5 Å². The highest BCUT2D eigenvalue weighted by atomic mass is 16.2. The highest BCUT2D eigenvalue weighted by molar-refractivity contribution is 5.82. The predicted octanol–water partition coefficient (Wildman–Crippen LogP) is 1.31. The Balaban J connectivity index is 4.52. The van der Waals surface area contributed by atoms with Crippen LogP contribution >= 0.6 is 0 Å². The fourth-order valence-electron chi connectivity index (χ4n) is 0.932. The lowest BCUT2D eigenvalue weighted by Crippen LogP contribution is -2.45. The molecule has 1 unspecified atom stereocenters. The zero-order chi connectivity index (χ0) is 11.4. The molecule has 1 atom stereocenters. The Bertz CT molecular complexity index is 291. The number of nitrogens with zero attached hydrogens (tertiary/aromatic N) is 1. The van der Waals surface area contributed by atoms with Crippen LogP contribution in [0.2, 0.25) is 0 Å². The summed E-state index contributed by atoms with van der Waals surface area (Å²) in [5.41, 5.74) is -0.693. The van der Waals surface area contributed by atoms with E-state index in [0.717, 1.165) is 0 Å². The topological polar surface area (TPSA) is 52.9 Å². The first-order chi connectivity index (χ1) is 6.34. The van der Waals surface area contributed by atoms with Gasteiger partial charge < -0.3 is 5.32 Å². The van der Waals surface area contributed by atoms with Crippen molar-refractivity contribution in [2.45, 2.75) is 33.2 Å². The molecule has 0 aromatic rings. The minimum atomic E-state index is -0.693. The number of terminal acetylenes is 1. The van der Waals surface area contributed by atoms with Gasteiger partial charge in [0.05, 0.1) is 11.6 Å². The van der Waals surface area contributed by atoms with E-state index in [1.807, 2.05) is 19.9 Å². The van der Waals surface area contributed by atoms with Crippen molar-refractivity contribution in [1.29, 1.82) is 5.26 Å². The molecule has 0 heterocycles. The lowest BCUT2D eigenvalue weighted by atomic mass is 9.95. The van der Waals surface area contributed by atoms with Gasteiger partial charge in [0.2, 0.25) is 5.91 Å². The van der Waals surface area contributed by atoms with Gasteiger partial charge in [0.15, 0.2) is 0 Å². The number of carbonyl (C=O) groups is 1. The lowest BCUT2D eigenvalue weighted by Gasteiger charge is -2.22. The van der Waals surface area contributed by atoms with Crippen LogP contribution in [0.25, 0.3) is 0 Å². The van der Waals surface area contributed by atoms with E-state index >= 15 is 0 Å². The summed E-state index contributed by atoms with van der Waals surface area (Å²) in [5.74, 6) is 1.51. The molecule has 0 bridgehead atoms. The van der Waals surface area contributed by atoms with E-state index < -0.39 is 11.5 Å². The molecule has 3 nitrogen and oxygen atoms in total. The number of amides is 1. The average Bonchev–Trinajstić information content (AvgIpc) is 2.03. The van der Waals surface area contributed by atoms with Crippen LogP contribution in [-0.4, -0.2) is 11.4 Å². The summed E-state index contributed by atoms with van der Waals surface area (Å²) in [5, 5.41) is 11.4. The van der Waals surface area contributed by atoms with Crippen LogP contribution in [0.1, 0.15) is 27.7 Å². The van der Waals surface area contributed by atoms with Gasteiger partial charge in [-0.25, -0.2) is 0 Å². The SMILES string of the molecule is C#CC(C)(C)NC(=O)C(C#N)C(C)C. The van der Waals surface area contributed by atoms with Gasteiger partial charge in [-0.2, -0.15) is 5.26 Å². The molecule has 0 rings (SSSR count). The molecule has 0 aromatic carbocycles. The van der Waals surface area contributed by atoms with Crippen molar-refractivity contribution in [3.63, 3.8) is 0 Å². The molecule has 76 valence electrons. The van der Waals surface area contributed by atoms with E-state index in [2.05, 4.69) is 11.2 Å². The molecule has 14 heavy (non-hydrogen) atoms. The summed E-state index contributed by atoms with van der Waals surface area (Å²) in [6.45, 7) is 7.10. The molecule has 0 aromatic heterocycles. The maximum atomic E-state index is 11.6. The van der Waals surface area contributed by atoms with Crippen molar-refractivity contribution < 1.29 is 4.79 Å². The number of nitrogens with one attached hydrogen (secondary N) is 1. The Morgan fingerprint density at radius 1 is 1.50 bits per heavy atom. The third-order valence-corrected chi connectivity index (χ3v) is 1.88. The summed E-state index contributed by atoms with van der Waals surface area (Å²) in [6.07, 6.45) is 5.22. The minimum Gasteiger partial charge on any atom is -0.339 e. The van der Waals surface area contributed by atoms with Crippen LogP contribution in [-0.2, 0) is 4.79 Å². The molecular weight excluding hydrogens is 176 g/mol. The summed E-state index contributed by atoms with van der Waals surface area (Å²) in [4.78, 5) is 11.6. The van der Waals surface area contributed by atoms with Crippen molar-refractivity contribution in [3.8, 4) is 18.4 Å². The van der Waals surface area contributed by atoms with Crippen molar-refractivity contribution in [2.75, 3.05) is 0 Å². The van der Waals surface area contributed by atoms with E-state index in [4.69, 9.17) is 11.7 Å². The molecule has 0 aliphatic rings. The Hall–Kier alpha value is -1.48. The van der Waals surface area contributed by atoms with E-state index in [9.17, 15) is 4.79 Å². The molecule has 0 radical (unpaired) electrons. The van der Waals surface area contributed by atoms with Crippen LogP contribution < -0.4 is 5.32 Å². The van der Waals surface area contributed by atoms with Gasteiger partial charge in [0.1, 0.15) is 5.92 Å². The van der Waals surface area contributed by atoms with Crippen molar-refractivity contribution >= 4 is 5.91 Å². The van der Waals surface area contributed by atoms with Crippen LogP contribution in [0, 0.1) is 35.5 Å². The van der Waals surface area contributed by atoms with Crippen molar-refractivity contribution in [3.05, 3.63) is 0 Å². The second-order valence-electron chi connectivity index (χ2n) is 4.11. The summed E-state index contributed by atoms with van der Waals surface area (Å²) >= 11 is 0. The zero-order valence-corrected chi connectivity index (χ0v) is 9.09. The number of rotatable bonds is 3. The summed E-state index contributed by atoms with van der Waals surface area (Å²) in [6, 6.07) is 1.97. The van der Waals surface area contributed by atoms with Gasteiger partial charge >= 0.3 is 0 Å². The smallest absolute Gasteiger partial charge is 0.238 e. The summed E-state index contributed by atoms with van der Waals surface area (Å²) < 4.78 is 0. The fraction of sp³-hybridized carbons (Fsp3) is 0.636. The number of hydrogen-bond donors (Lipinski definition) is 1. The third-order valence-electron chi connectivity index (χ3n) is 1.88. The molecule has 1 amide bonds. The maximum Gasteiger partial charge on any atom is 0.238 e. The van der Waals surface area contributed by atoms with Gasteiger partial charge in [0, 0.05) is 0 Å². The lowest BCUT2D eigenvalue weighted by molar-refractivity contribution is -0.125. The monoisotopic (exact) mass is 192 g/mol. The van der Waals surface area contributed by atoms with E-state index in [1.54, 1.807) is 13.8 Å². The second kappa shape index (κ2) is 4.67. The predicted molar refractivity (Wildman–Crippen MR) is 55.0 cm³/mol. The first kappa shape index (κ1) is 12.5. The average molecular weight is 192 g/mol. The molecule has 0 saturated heterocycles. The number of carbonyl (C=O) groups excluding carboxylic acids is 1. The first-order valence-corrected chi connectivity index (χ1v) is 4.53. The Morgan fingerprint density at radius 3 is 2.29 bits per heavy atom. The Morgan fingerprint density at radius 2 is 2.00 bits per heavy atom. The maximum absolute atomic E-state index is 11.6. The number of hydrogen-bond acceptors (Lipinski definition) is 2. The molecule has 0 aliphatic heterocycles. The van der Waals surface area contributed by atoms with Crippen LogP contribution in [0.15, 0.2) is 0 Å². The van der Waals surface area contributed by atoms with Crippen LogP contribution in [0.4, 0.5) is 0 Å². The highest BCUT2D eigenvalue weighted by Gasteiger charge is 2.26. The first-order valence-electron chi connectivity index (χ1n) is 4.53. The normalized spacial score (nSPS) is 12.8. The van der Waals surface area contributed by atoms with Gasteiger partial charge in [0.25, 0.3) is 0 Å². The van der Waals surface area contributed by atoms with E-state index in [-0.39, 0.29) is 11.8 Å². The quantitative estimate of drug-likeness (QED) is 0.685. The van der Waals surface area contributed by atoms with Crippen molar-refractivity contribution in [1.82, 2.24) is 5.32 Å². The molecule has 1 N–H and O–H groups in total. The van der Waals surface area contributed by atoms with Gasteiger partial charge in [-0.15, -0.1) is 6.42 Å². The fourth-order valence-corrected chi connectivity index (χ4v) is 0.932. The zero-order valence-electron chi connectivity index (χ0n) is 9.09. The van der Waals surface area contributed by atoms with Gasteiger partial charge in [-0.1, -0.05) is 19.8 Å². The number of nitriles is 1. The molecule has 0 aliphatic carbocycles. The largest absolute Gasteiger partial charge is 0.339 e. The summed E-state index contributed by atoms with van der Waals surface area (Å²) in [7, 11) is 0. The van der Waals surface area contributed by atoms with Crippen molar-refractivity contribution in [2.24, 2.45) is 11.8 Å². The Kier molecular flexibility index (Phi) is 4.18. The molecule has 0 fully saturated rings.